The van der Waals surface area contributed by atoms with E-state index in [0.717, 1.165) is 0 Å². The lowest BCUT2D eigenvalue weighted by molar-refractivity contribution is 0.330. The van der Waals surface area contributed by atoms with Crippen LogP contribution in [0.15, 0.2) is 9.66 Å². The first-order valence-corrected chi connectivity index (χ1v) is 4.53. The second kappa shape index (κ2) is 2.60. The first-order chi connectivity index (χ1) is 4.10. The van der Waals surface area contributed by atoms with Gasteiger partial charge in [-0.25, -0.2) is 0 Å². The zero-order valence-electron chi connectivity index (χ0n) is 6.08. The summed E-state index contributed by atoms with van der Waals surface area (Å²) in [5.41, 5.74) is 0.578. The number of hydrogen-bond acceptors (Lipinski definition) is 0. The standard InChI is InChI=1S/C8H13I/c1-8(2)5-3-7(9)4-6-8/h3H,4-6H2,1-2H3. The molecule has 0 spiro atoms. The summed E-state index contributed by atoms with van der Waals surface area (Å²) in [7, 11) is 0. The fraction of sp³-hybridized carbons (Fsp3) is 0.750. The van der Waals surface area contributed by atoms with E-state index in [2.05, 4.69) is 42.5 Å². The Morgan fingerprint density at radius 1 is 1.56 bits per heavy atom. The second-order valence-corrected chi connectivity index (χ2v) is 4.90. The molecule has 1 rings (SSSR count). The predicted molar refractivity (Wildman–Crippen MR) is 49.7 cm³/mol. The molecule has 1 aliphatic carbocycles. The summed E-state index contributed by atoms with van der Waals surface area (Å²) in [5, 5.41) is 0. The van der Waals surface area contributed by atoms with E-state index in [-0.39, 0.29) is 0 Å². The van der Waals surface area contributed by atoms with E-state index < -0.39 is 0 Å². The number of halogens is 1. The zero-order valence-corrected chi connectivity index (χ0v) is 8.23. The second-order valence-electron chi connectivity index (χ2n) is 3.52. The van der Waals surface area contributed by atoms with Gasteiger partial charge in [0.15, 0.2) is 0 Å². The Balaban J connectivity index is 2.56. The van der Waals surface area contributed by atoms with Crippen molar-refractivity contribution in [3.8, 4) is 0 Å². The summed E-state index contributed by atoms with van der Waals surface area (Å²) < 4.78 is 1.55. The van der Waals surface area contributed by atoms with Crippen molar-refractivity contribution in [2.24, 2.45) is 5.41 Å². The van der Waals surface area contributed by atoms with Crippen molar-refractivity contribution in [2.75, 3.05) is 0 Å². The fourth-order valence-corrected chi connectivity index (χ4v) is 1.54. The van der Waals surface area contributed by atoms with E-state index in [4.69, 9.17) is 0 Å². The van der Waals surface area contributed by atoms with Crippen LogP contribution in [0.2, 0.25) is 0 Å². The van der Waals surface area contributed by atoms with Gasteiger partial charge >= 0.3 is 0 Å². The van der Waals surface area contributed by atoms with E-state index in [9.17, 15) is 0 Å². The molecule has 0 bridgehead atoms. The quantitative estimate of drug-likeness (QED) is 0.564. The molecule has 0 aliphatic heterocycles. The lowest BCUT2D eigenvalue weighted by Crippen LogP contribution is -2.12. The highest BCUT2D eigenvalue weighted by molar-refractivity contribution is 14.1. The smallest absolute Gasteiger partial charge is 0.0133 e. The van der Waals surface area contributed by atoms with Crippen LogP contribution in [0.3, 0.4) is 0 Å². The molecule has 0 heterocycles. The molecule has 0 N–H and O–H groups in total. The predicted octanol–water partition coefficient (Wildman–Crippen LogP) is 3.52. The molecule has 0 nitrogen and oxygen atoms in total. The minimum Gasteiger partial charge on any atom is -0.0747 e. The molecule has 52 valence electrons. The zero-order chi connectivity index (χ0) is 6.91. The molecule has 0 unspecified atom stereocenters. The lowest BCUT2D eigenvalue weighted by atomic mass is 9.81. The number of hydrogen-bond donors (Lipinski definition) is 0. The van der Waals surface area contributed by atoms with E-state index in [1.165, 1.54) is 19.3 Å². The van der Waals surface area contributed by atoms with Gasteiger partial charge in [-0.15, -0.1) is 0 Å². The molecule has 0 amide bonds. The van der Waals surface area contributed by atoms with Crippen LogP contribution in [0, 0.1) is 5.41 Å². The van der Waals surface area contributed by atoms with Gasteiger partial charge in [-0.05, 0) is 50.8 Å². The van der Waals surface area contributed by atoms with Crippen LogP contribution in [0.1, 0.15) is 33.1 Å². The van der Waals surface area contributed by atoms with Gasteiger partial charge in [-0.3, -0.25) is 0 Å². The van der Waals surface area contributed by atoms with E-state index in [0.29, 0.717) is 5.41 Å². The number of rotatable bonds is 0. The van der Waals surface area contributed by atoms with Gasteiger partial charge in [0.05, 0.1) is 0 Å². The summed E-state index contributed by atoms with van der Waals surface area (Å²) in [6.07, 6.45) is 6.30. The molecule has 0 aromatic rings. The molecule has 1 heteroatoms. The van der Waals surface area contributed by atoms with Crippen LogP contribution in [0.25, 0.3) is 0 Å². The van der Waals surface area contributed by atoms with Crippen molar-refractivity contribution in [1.29, 1.82) is 0 Å². The summed E-state index contributed by atoms with van der Waals surface area (Å²) in [6.45, 7) is 4.68. The van der Waals surface area contributed by atoms with Crippen LogP contribution >= 0.6 is 22.6 Å². The van der Waals surface area contributed by atoms with Crippen molar-refractivity contribution in [1.82, 2.24) is 0 Å². The summed E-state index contributed by atoms with van der Waals surface area (Å²) in [5.74, 6) is 0. The number of allylic oxidation sites excluding steroid dienone is 2. The molecule has 0 saturated carbocycles. The molecular weight excluding hydrogens is 223 g/mol. The molecule has 1 aliphatic rings. The van der Waals surface area contributed by atoms with E-state index in [1.807, 2.05) is 0 Å². The van der Waals surface area contributed by atoms with Crippen LogP contribution in [0.4, 0.5) is 0 Å². The van der Waals surface area contributed by atoms with Gasteiger partial charge in [-0.2, -0.15) is 0 Å². The van der Waals surface area contributed by atoms with Crippen LogP contribution in [-0.2, 0) is 0 Å². The maximum atomic E-state index is 2.43. The molecule has 0 aromatic heterocycles. The maximum absolute atomic E-state index is 2.43. The molecule has 0 saturated heterocycles. The largest absolute Gasteiger partial charge is 0.0747 e. The third-order valence-electron chi connectivity index (χ3n) is 1.92. The monoisotopic (exact) mass is 236 g/mol. The van der Waals surface area contributed by atoms with Crippen LogP contribution < -0.4 is 0 Å². The average molecular weight is 236 g/mol. The third kappa shape index (κ3) is 2.28. The van der Waals surface area contributed by atoms with E-state index in [1.54, 1.807) is 3.58 Å². The molecule has 0 fully saturated rings. The maximum Gasteiger partial charge on any atom is -0.0133 e. The molecule has 9 heavy (non-hydrogen) atoms. The highest BCUT2D eigenvalue weighted by Gasteiger charge is 2.19. The van der Waals surface area contributed by atoms with Crippen molar-refractivity contribution < 1.29 is 0 Å². The summed E-state index contributed by atoms with van der Waals surface area (Å²) in [4.78, 5) is 0. The van der Waals surface area contributed by atoms with Gasteiger partial charge in [-0.1, -0.05) is 19.9 Å². The van der Waals surface area contributed by atoms with Crippen molar-refractivity contribution in [3.63, 3.8) is 0 Å². The summed E-state index contributed by atoms with van der Waals surface area (Å²) >= 11 is 2.43. The molecule has 0 atom stereocenters. The van der Waals surface area contributed by atoms with Gasteiger partial charge in [0.25, 0.3) is 0 Å². The Kier molecular flexibility index (Phi) is 2.19. The fourth-order valence-electron chi connectivity index (χ4n) is 1.05. The van der Waals surface area contributed by atoms with Crippen LogP contribution in [-0.4, -0.2) is 0 Å². The Morgan fingerprint density at radius 3 is 2.56 bits per heavy atom. The molecule has 0 radical (unpaired) electrons. The lowest BCUT2D eigenvalue weighted by Gasteiger charge is -2.26. The van der Waals surface area contributed by atoms with Crippen molar-refractivity contribution >= 4 is 22.6 Å². The molecule has 0 aromatic carbocycles. The van der Waals surface area contributed by atoms with Gasteiger partial charge in [0, 0.05) is 0 Å². The average Bonchev–Trinajstić information content (AvgIpc) is 1.78. The first kappa shape index (κ1) is 7.58. The van der Waals surface area contributed by atoms with Gasteiger partial charge < -0.3 is 0 Å². The van der Waals surface area contributed by atoms with Crippen molar-refractivity contribution in [3.05, 3.63) is 9.66 Å². The van der Waals surface area contributed by atoms with Crippen molar-refractivity contribution in [2.45, 2.75) is 33.1 Å². The highest BCUT2D eigenvalue weighted by Crippen LogP contribution is 2.35. The minimum atomic E-state index is 0.578. The Bertz CT molecular complexity index is 134. The Morgan fingerprint density at radius 2 is 2.22 bits per heavy atom. The van der Waals surface area contributed by atoms with E-state index >= 15 is 0 Å². The Labute approximate surface area is 70.9 Å². The Hall–Kier alpha value is 0.470. The normalized spacial score (nSPS) is 25.4. The van der Waals surface area contributed by atoms with Gasteiger partial charge in [0.1, 0.15) is 0 Å². The minimum absolute atomic E-state index is 0.578. The first-order valence-electron chi connectivity index (χ1n) is 3.45. The van der Waals surface area contributed by atoms with Gasteiger partial charge in [0.2, 0.25) is 0 Å². The topological polar surface area (TPSA) is 0 Å². The third-order valence-corrected chi connectivity index (χ3v) is 2.90. The summed E-state index contributed by atoms with van der Waals surface area (Å²) in [6, 6.07) is 0. The highest BCUT2D eigenvalue weighted by atomic mass is 127. The SMILES string of the molecule is CC1(C)CC=C(I)CC1. The molecular formula is C8H13I. The van der Waals surface area contributed by atoms with Crippen LogP contribution in [0.5, 0.6) is 0 Å².